The smallest absolute Gasteiger partial charge is 0.234 e. The second kappa shape index (κ2) is 9.34. The Bertz CT molecular complexity index is 1510. The number of phenols is 1. The second-order valence-corrected chi connectivity index (χ2v) is 11.4. The minimum atomic E-state index is -0.654. The third-order valence-electron chi connectivity index (χ3n) is 8.38. The van der Waals surface area contributed by atoms with Crippen LogP contribution in [0.4, 0.5) is 0 Å². The number of phenolic OH excluding ortho intramolecular Hbond substituents is 1. The summed E-state index contributed by atoms with van der Waals surface area (Å²) in [4.78, 5) is 56.4. The second-order valence-electron chi connectivity index (χ2n) is 10.3. The van der Waals surface area contributed by atoms with Crippen molar-refractivity contribution in [1.29, 1.82) is 0 Å². The first kappa shape index (κ1) is 25.3. The molecule has 0 saturated carbocycles. The highest BCUT2D eigenvalue weighted by molar-refractivity contribution is 7.09. The molecule has 1 aromatic heterocycles. The molecule has 1 aliphatic heterocycles. The third kappa shape index (κ3) is 3.78. The van der Waals surface area contributed by atoms with Crippen LogP contribution in [0.2, 0.25) is 0 Å². The van der Waals surface area contributed by atoms with E-state index in [1.165, 1.54) is 36.5 Å². The summed E-state index contributed by atoms with van der Waals surface area (Å²) in [7, 11) is 2.84. The molecule has 4 aliphatic rings. The summed E-state index contributed by atoms with van der Waals surface area (Å²) in [6.45, 7) is 1.85. The molecule has 200 valence electrons. The van der Waals surface area contributed by atoms with E-state index < -0.39 is 23.7 Å². The fourth-order valence-corrected chi connectivity index (χ4v) is 7.31. The summed E-state index contributed by atoms with van der Waals surface area (Å²) in [5, 5.41) is 12.4. The van der Waals surface area contributed by atoms with E-state index in [1.807, 2.05) is 23.6 Å². The number of benzene rings is 1. The third-order valence-corrected chi connectivity index (χ3v) is 9.24. The predicted octanol–water partition coefficient (Wildman–Crippen LogP) is 4.10. The number of nitrogens with zero attached hydrogens (tertiary/aromatic N) is 1. The van der Waals surface area contributed by atoms with Crippen LogP contribution in [0.25, 0.3) is 0 Å². The molecule has 1 fully saturated rings. The van der Waals surface area contributed by atoms with E-state index in [-0.39, 0.29) is 53.6 Å². The molecule has 2 aromatic rings. The van der Waals surface area contributed by atoms with Crippen LogP contribution in [0.3, 0.4) is 0 Å². The first-order chi connectivity index (χ1) is 18.7. The highest BCUT2D eigenvalue weighted by atomic mass is 32.1. The van der Waals surface area contributed by atoms with Crippen LogP contribution in [-0.4, -0.2) is 47.6 Å². The van der Waals surface area contributed by atoms with E-state index in [4.69, 9.17) is 9.47 Å². The number of hydrogen-bond acceptors (Lipinski definition) is 8. The number of hydrogen-bond donors (Lipinski definition) is 1. The predicted molar refractivity (Wildman–Crippen MR) is 142 cm³/mol. The summed E-state index contributed by atoms with van der Waals surface area (Å²) in [5.74, 6) is -2.97. The maximum absolute atomic E-state index is 13.8. The SMILES string of the molecule is COc1cc(C2C3=CCC4C(=O)N(Cc5cccs5)C(=O)C4C3CC3=C2C(=O)C=C(C)C3=O)cc(OC)c1O. The van der Waals surface area contributed by atoms with Gasteiger partial charge >= 0.3 is 0 Å². The molecule has 8 nitrogen and oxygen atoms in total. The van der Waals surface area contributed by atoms with Gasteiger partial charge in [0, 0.05) is 27.5 Å². The average molecular weight is 546 g/mol. The van der Waals surface area contributed by atoms with Crippen molar-refractivity contribution in [2.45, 2.75) is 32.2 Å². The van der Waals surface area contributed by atoms with E-state index in [0.717, 1.165) is 10.5 Å². The molecule has 0 bridgehead atoms. The minimum Gasteiger partial charge on any atom is -0.502 e. The summed E-state index contributed by atoms with van der Waals surface area (Å²) < 4.78 is 10.8. The van der Waals surface area contributed by atoms with Gasteiger partial charge in [0.15, 0.2) is 23.1 Å². The molecule has 9 heteroatoms. The normalized spacial score (nSPS) is 26.2. The number of rotatable bonds is 5. The van der Waals surface area contributed by atoms with Crippen molar-refractivity contribution in [3.63, 3.8) is 0 Å². The number of carbonyl (C=O) groups is 4. The highest BCUT2D eigenvalue weighted by Crippen LogP contribution is 2.56. The lowest BCUT2D eigenvalue weighted by molar-refractivity contribution is -0.140. The number of aromatic hydroxyl groups is 1. The van der Waals surface area contributed by atoms with Gasteiger partial charge in [0.1, 0.15) is 0 Å². The molecule has 2 amide bonds. The maximum Gasteiger partial charge on any atom is 0.234 e. The Labute approximate surface area is 229 Å². The van der Waals surface area contributed by atoms with Crippen molar-refractivity contribution >= 4 is 34.7 Å². The zero-order valence-corrected chi connectivity index (χ0v) is 22.5. The minimum absolute atomic E-state index is 0.165. The van der Waals surface area contributed by atoms with Gasteiger partial charge in [-0.25, -0.2) is 0 Å². The van der Waals surface area contributed by atoms with Gasteiger partial charge in [-0.3, -0.25) is 24.1 Å². The molecule has 4 unspecified atom stereocenters. The lowest BCUT2D eigenvalue weighted by atomic mass is 9.59. The largest absolute Gasteiger partial charge is 0.502 e. The summed E-state index contributed by atoms with van der Waals surface area (Å²) in [5.41, 5.74) is 2.54. The molecule has 1 N–H and O–H groups in total. The monoisotopic (exact) mass is 545 g/mol. The Balaban J connectivity index is 1.49. The number of amides is 2. The van der Waals surface area contributed by atoms with Crippen LogP contribution in [-0.2, 0) is 25.7 Å². The van der Waals surface area contributed by atoms with E-state index in [0.29, 0.717) is 28.7 Å². The Morgan fingerprint density at radius 2 is 1.77 bits per heavy atom. The number of thiophene rings is 1. The van der Waals surface area contributed by atoms with Gasteiger partial charge in [0.2, 0.25) is 17.6 Å². The van der Waals surface area contributed by atoms with E-state index >= 15 is 0 Å². The van der Waals surface area contributed by atoms with Crippen molar-refractivity contribution in [1.82, 2.24) is 4.90 Å². The van der Waals surface area contributed by atoms with Crippen LogP contribution >= 0.6 is 11.3 Å². The number of allylic oxidation sites excluding steroid dienone is 6. The molecule has 0 radical (unpaired) electrons. The molecule has 4 atom stereocenters. The fourth-order valence-electron chi connectivity index (χ4n) is 6.62. The lowest BCUT2D eigenvalue weighted by Gasteiger charge is -2.42. The number of ketones is 2. The molecule has 1 saturated heterocycles. The van der Waals surface area contributed by atoms with Gasteiger partial charge in [-0.1, -0.05) is 17.7 Å². The van der Waals surface area contributed by atoms with Crippen molar-refractivity contribution < 1.29 is 33.8 Å². The first-order valence-electron chi connectivity index (χ1n) is 12.8. The van der Waals surface area contributed by atoms with Gasteiger partial charge in [0.25, 0.3) is 0 Å². The Kier molecular flexibility index (Phi) is 6.06. The first-order valence-corrected chi connectivity index (χ1v) is 13.7. The van der Waals surface area contributed by atoms with Crippen molar-refractivity contribution in [3.05, 3.63) is 74.5 Å². The number of ether oxygens (including phenoxy) is 2. The highest BCUT2D eigenvalue weighted by Gasteiger charge is 2.56. The number of methoxy groups -OCH3 is 2. The molecule has 39 heavy (non-hydrogen) atoms. The van der Waals surface area contributed by atoms with Gasteiger partial charge in [-0.2, -0.15) is 0 Å². The number of likely N-dealkylation sites (tertiary alicyclic amines) is 1. The zero-order valence-electron chi connectivity index (χ0n) is 21.7. The van der Waals surface area contributed by atoms with Gasteiger partial charge in [0.05, 0.1) is 32.6 Å². The van der Waals surface area contributed by atoms with Gasteiger partial charge in [-0.05, 0) is 60.9 Å². The van der Waals surface area contributed by atoms with Gasteiger partial charge < -0.3 is 14.6 Å². The molecular weight excluding hydrogens is 518 g/mol. The summed E-state index contributed by atoms with van der Waals surface area (Å²) in [6.07, 6.45) is 3.91. The zero-order chi connectivity index (χ0) is 27.6. The van der Waals surface area contributed by atoms with Crippen molar-refractivity contribution in [2.24, 2.45) is 17.8 Å². The van der Waals surface area contributed by atoms with Gasteiger partial charge in [-0.15, -0.1) is 11.3 Å². The Hall–Kier alpha value is -3.98. The van der Waals surface area contributed by atoms with E-state index in [1.54, 1.807) is 19.1 Å². The quantitative estimate of drug-likeness (QED) is 0.342. The van der Waals surface area contributed by atoms with Crippen LogP contribution in [0.1, 0.15) is 36.1 Å². The average Bonchev–Trinajstić information content (AvgIpc) is 3.53. The molecule has 0 spiro atoms. The van der Waals surface area contributed by atoms with E-state index in [2.05, 4.69) is 0 Å². The maximum atomic E-state index is 13.8. The number of fused-ring (bicyclic) bond motifs is 3. The molecular formula is C30H27NO7S. The van der Waals surface area contributed by atoms with Crippen LogP contribution in [0.5, 0.6) is 17.2 Å². The Morgan fingerprint density at radius 1 is 1.05 bits per heavy atom. The number of carbonyl (C=O) groups excluding carboxylic acids is 4. The topological polar surface area (TPSA) is 110 Å². The standard InChI is InChI=1S/C30H27NO7S/c1-14-9-21(32)26-20(27(14)33)12-19-17(24(26)15-10-22(37-2)28(34)23(11-15)38-3)6-7-18-25(19)30(36)31(29(18)35)13-16-5-4-8-39-16/h4-6,8-11,18-19,24-25,34H,7,12-13H2,1-3H3. The molecule has 3 aliphatic carbocycles. The van der Waals surface area contributed by atoms with Crippen LogP contribution in [0, 0.1) is 17.8 Å². The lowest BCUT2D eigenvalue weighted by Crippen LogP contribution is -2.39. The number of imide groups is 1. The van der Waals surface area contributed by atoms with E-state index in [9.17, 15) is 24.3 Å². The van der Waals surface area contributed by atoms with Crippen LogP contribution < -0.4 is 9.47 Å². The summed E-state index contributed by atoms with van der Waals surface area (Å²) in [6, 6.07) is 7.06. The van der Waals surface area contributed by atoms with Crippen molar-refractivity contribution in [3.8, 4) is 17.2 Å². The van der Waals surface area contributed by atoms with Crippen molar-refractivity contribution in [2.75, 3.05) is 14.2 Å². The molecule has 2 heterocycles. The fraction of sp³-hybridized carbons (Fsp3) is 0.333. The summed E-state index contributed by atoms with van der Waals surface area (Å²) >= 11 is 1.49. The molecule has 1 aromatic carbocycles. The van der Waals surface area contributed by atoms with Crippen LogP contribution in [0.15, 0.2) is 64.1 Å². The molecule has 6 rings (SSSR count). The number of Topliss-reactive ketones (excluding diaryl/α,β-unsaturated/α-hetero) is 1. The Morgan fingerprint density at radius 3 is 2.41 bits per heavy atom.